The third kappa shape index (κ3) is 3.86. The molecule has 0 unspecified atom stereocenters. The van der Waals surface area contributed by atoms with E-state index in [0.29, 0.717) is 22.6 Å². The van der Waals surface area contributed by atoms with Gasteiger partial charge in [-0.25, -0.2) is 0 Å². The van der Waals surface area contributed by atoms with Gasteiger partial charge in [-0.05, 0) is 35.9 Å². The molecular weight excluding hydrogens is 311 g/mol. The number of hydrogen-bond donors (Lipinski definition) is 0. The van der Waals surface area contributed by atoms with Crippen LogP contribution in [0.25, 0.3) is 11.1 Å². The zero-order chi connectivity index (χ0) is 17.0. The van der Waals surface area contributed by atoms with Crippen LogP contribution in [-0.2, 0) is 0 Å². The SMILES string of the molecule is COc1ccc(-c2cc(OC(F)(F)F)ccc2C#N)cc1OC. The van der Waals surface area contributed by atoms with Gasteiger partial charge in [-0.1, -0.05) is 6.07 Å². The number of nitriles is 1. The van der Waals surface area contributed by atoms with Crippen molar-refractivity contribution in [1.82, 2.24) is 0 Å². The zero-order valence-corrected chi connectivity index (χ0v) is 12.3. The zero-order valence-electron chi connectivity index (χ0n) is 12.3. The topological polar surface area (TPSA) is 51.5 Å². The predicted molar refractivity (Wildman–Crippen MR) is 76.4 cm³/mol. The molecule has 0 fully saturated rings. The van der Waals surface area contributed by atoms with Gasteiger partial charge in [0.25, 0.3) is 0 Å². The molecule has 0 saturated heterocycles. The van der Waals surface area contributed by atoms with Crippen LogP contribution in [0.3, 0.4) is 0 Å². The van der Waals surface area contributed by atoms with Crippen molar-refractivity contribution in [2.24, 2.45) is 0 Å². The smallest absolute Gasteiger partial charge is 0.493 e. The fourth-order valence-electron chi connectivity index (χ4n) is 2.06. The Hall–Kier alpha value is -2.88. The molecule has 0 aliphatic rings. The minimum Gasteiger partial charge on any atom is -0.493 e. The number of alkyl halides is 3. The Morgan fingerprint density at radius 2 is 1.65 bits per heavy atom. The normalized spacial score (nSPS) is 10.8. The fourth-order valence-corrected chi connectivity index (χ4v) is 2.06. The molecule has 2 aromatic rings. The summed E-state index contributed by atoms with van der Waals surface area (Å²) in [6.07, 6.45) is -4.80. The number of halogens is 3. The molecule has 0 spiro atoms. The number of benzene rings is 2. The number of hydrogen-bond acceptors (Lipinski definition) is 4. The van der Waals surface area contributed by atoms with Crippen LogP contribution in [0.1, 0.15) is 5.56 Å². The second-order valence-electron chi connectivity index (χ2n) is 4.44. The summed E-state index contributed by atoms with van der Waals surface area (Å²) in [6, 6.07) is 10.3. The van der Waals surface area contributed by atoms with E-state index in [9.17, 15) is 13.2 Å². The van der Waals surface area contributed by atoms with E-state index in [4.69, 9.17) is 14.7 Å². The molecule has 4 nitrogen and oxygen atoms in total. The summed E-state index contributed by atoms with van der Waals surface area (Å²) >= 11 is 0. The highest BCUT2D eigenvalue weighted by molar-refractivity contribution is 5.74. The first-order valence-corrected chi connectivity index (χ1v) is 6.40. The maximum Gasteiger partial charge on any atom is 0.573 e. The second-order valence-corrected chi connectivity index (χ2v) is 4.44. The van der Waals surface area contributed by atoms with Crippen LogP contribution in [0, 0.1) is 11.3 Å². The van der Waals surface area contributed by atoms with Gasteiger partial charge < -0.3 is 14.2 Å². The van der Waals surface area contributed by atoms with Crippen LogP contribution in [0.5, 0.6) is 17.2 Å². The lowest BCUT2D eigenvalue weighted by atomic mass is 9.99. The minimum atomic E-state index is -4.80. The molecule has 0 aliphatic heterocycles. The predicted octanol–water partition coefficient (Wildman–Crippen LogP) is 4.14. The Bertz CT molecular complexity index is 751. The van der Waals surface area contributed by atoms with E-state index >= 15 is 0 Å². The highest BCUT2D eigenvalue weighted by Crippen LogP contribution is 2.35. The first-order chi connectivity index (χ1) is 10.9. The Morgan fingerprint density at radius 3 is 2.22 bits per heavy atom. The molecule has 0 saturated carbocycles. The number of methoxy groups -OCH3 is 2. The molecule has 120 valence electrons. The molecule has 0 aromatic heterocycles. The van der Waals surface area contributed by atoms with Crippen molar-refractivity contribution in [2.75, 3.05) is 14.2 Å². The Labute approximate surface area is 130 Å². The summed E-state index contributed by atoms with van der Waals surface area (Å²) < 4.78 is 51.2. The van der Waals surface area contributed by atoms with Crippen LogP contribution >= 0.6 is 0 Å². The highest BCUT2D eigenvalue weighted by atomic mass is 19.4. The number of rotatable bonds is 4. The van der Waals surface area contributed by atoms with Crippen LogP contribution in [0.4, 0.5) is 13.2 Å². The lowest BCUT2D eigenvalue weighted by Gasteiger charge is -2.13. The van der Waals surface area contributed by atoms with Gasteiger partial charge in [0.1, 0.15) is 5.75 Å². The maximum absolute atomic E-state index is 12.4. The first kappa shape index (κ1) is 16.5. The fraction of sp³-hybridized carbons (Fsp3) is 0.188. The maximum atomic E-state index is 12.4. The molecule has 7 heteroatoms. The quantitative estimate of drug-likeness (QED) is 0.848. The van der Waals surface area contributed by atoms with Crippen LogP contribution in [-0.4, -0.2) is 20.6 Å². The van der Waals surface area contributed by atoms with Crippen molar-refractivity contribution in [2.45, 2.75) is 6.36 Å². The van der Waals surface area contributed by atoms with Crippen LogP contribution in [0.15, 0.2) is 36.4 Å². The van der Waals surface area contributed by atoms with Gasteiger partial charge >= 0.3 is 6.36 Å². The summed E-state index contributed by atoms with van der Waals surface area (Å²) in [7, 11) is 2.91. The van der Waals surface area contributed by atoms with Gasteiger partial charge in [0.2, 0.25) is 0 Å². The van der Waals surface area contributed by atoms with E-state index in [1.54, 1.807) is 18.2 Å². The summed E-state index contributed by atoms with van der Waals surface area (Å²) in [5.41, 5.74) is 1.02. The molecule has 2 rings (SSSR count). The molecule has 0 bridgehead atoms. The van der Waals surface area contributed by atoms with E-state index in [2.05, 4.69) is 4.74 Å². The lowest BCUT2D eigenvalue weighted by Crippen LogP contribution is -2.17. The standard InChI is InChI=1S/C16H12F3NO3/c1-21-14-6-4-10(7-15(14)22-2)13-8-12(23-16(17,18)19)5-3-11(13)9-20/h3-8H,1-2H3. The minimum absolute atomic E-state index is 0.215. The van der Waals surface area contributed by atoms with Crippen molar-refractivity contribution in [3.05, 3.63) is 42.0 Å². The summed E-state index contributed by atoms with van der Waals surface area (Å²) in [5.74, 6) is 0.467. The summed E-state index contributed by atoms with van der Waals surface area (Å²) in [4.78, 5) is 0. The van der Waals surface area contributed by atoms with Gasteiger partial charge in [0.05, 0.1) is 25.9 Å². The first-order valence-electron chi connectivity index (χ1n) is 6.40. The molecule has 0 N–H and O–H groups in total. The van der Waals surface area contributed by atoms with Crippen molar-refractivity contribution in [1.29, 1.82) is 5.26 Å². The average molecular weight is 323 g/mol. The molecule has 0 amide bonds. The molecule has 23 heavy (non-hydrogen) atoms. The van der Waals surface area contributed by atoms with Crippen molar-refractivity contribution < 1.29 is 27.4 Å². The Morgan fingerprint density at radius 1 is 0.957 bits per heavy atom. The third-order valence-corrected chi connectivity index (χ3v) is 3.04. The molecular formula is C16H12F3NO3. The molecule has 0 aliphatic carbocycles. The van der Waals surface area contributed by atoms with Gasteiger partial charge in [0.15, 0.2) is 11.5 Å². The second kappa shape index (κ2) is 6.48. The van der Waals surface area contributed by atoms with E-state index in [0.717, 1.165) is 12.1 Å². The number of nitrogens with zero attached hydrogens (tertiary/aromatic N) is 1. The Balaban J connectivity index is 2.53. The van der Waals surface area contributed by atoms with E-state index in [1.807, 2.05) is 6.07 Å². The summed E-state index contributed by atoms with van der Waals surface area (Å²) in [5, 5.41) is 9.16. The summed E-state index contributed by atoms with van der Waals surface area (Å²) in [6.45, 7) is 0. The molecule has 0 heterocycles. The van der Waals surface area contributed by atoms with Crippen LogP contribution < -0.4 is 14.2 Å². The van der Waals surface area contributed by atoms with Crippen LogP contribution in [0.2, 0.25) is 0 Å². The molecule has 2 aromatic carbocycles. The highest BCUT2D eigenvalue weighted by Gasteiger charge is 2.31. The average Bonchev–Trinajstić information content (AvgIpc) is 2.52. The largest absolute Gasteiger partial charge is 0.573 e. The van der Waals surface area contributed by atoms with Gasteiger partial charge in [0, 0.05) is 5.56 Å². The monoisotopic (exact) mass is 323 g/mol. The van der Waals surface area contributed by atoms with E-state index in [-0.39, 0.29) is 5.56 Å². The molecule has 0 radical (unpaired) electrons. The lowest BCUT2D eigenvalue weighted by molar-refractivity contribution is -0.274. The van der Waals surface area contributed by atoms with E-state index in [1.165, 1.54) is 20.3 Å². The third-order valence-electron chi connectivity index (χ3n) is 3.04. The Kier molecular flexibility index (Phi) is 4.65. The van der Waals surface area contributed by atoms with Crippen molar-refractivity contribution >= 4 is 0 Å². The van der Waals surface area contributed by atoms with Gasteiger partial charge in [-0.3, -0.25) is 0 Å². The van der Waals surface area contributed by atoms with Gasteiger partial charge in [-0.15, -0.1) is 13.2 Å². The van der Waals surface area contributed by atoms with Gasteiger partial charge in [-0.2, -0.15) is 5.26 Å². The van der Waals surface area contributed by atoms with Crippen molar-refractivity contribution in [3.8, 4) is 34.4 Å². The van der Waals surface area contributed by atoms with E-state index < -0.39 is 12.1 Å². The van der Waals surface area contributed by atoms with Crippen molar-refractivity contribution in [3.63, 3.8) is 0 Å². The molecule has 0 atom stereocenters. The number of ether oxygens (including phenoxy) is 3.